The van der Waals surface area contributed by atoms with Crippen LogP contribution < -0.4 is 10.1 Å². The van der Waals surface area contributed by atoms with Crippen LogP contribution in [0.4, 0.5) is 0 Å². The molecule has 1 fully saturated rings. The van der Waals surface area contributed by atoms with Crippen LogP contribution in [0.1, 0.15) is 38.2 Å². The Hall–Kier alpha value is -0.100. The molecular formula is C16H23Br2NO2. The van der Waals surface area contributed by atoms with Crippen molar-refractivity contribution in [3.63, 3.8) is 0 Å². The topological polar surface area (TPSA) is 41.5 Å². The van der Waals surface area contributed by atoms with Gasteiger partial charge in [0.05, 0.1) is 18.2 Å². The van der Waals surface area contributed by atoms with Crippen molar-refractivity contribution in [1.29, 1.82) is 0 Å². The number of aliphatic hydroxyl groups excluding tert-OH is 1. The first-order valence-electron chi connectivity index (χ1n) is 7.37. The van der Waals surface area contributed by atoms with Crippen LogP contribution in [0, 0.1) is 5.92 Å². The molecule has 0 aromatic heterocycles. The normalized spacial score (nSPS) is 25.9. The fourth-order valence-corrected chi connectivity index (χ4v) is 4.75. The summed E-state index contributed by atoms with van der Waals surface area (Å²) in [5.41, 5.74) is 0.932. The summed E-state index contributed by atoms with van der Waals surface area (Å²) in [6.07, 6.45) is 4.50. The van der Waals surface area contributed by atoms with Crippen molar-refractivity contribution in [2.45, 2.75) is 44.7 Å². The van der Waals surface area contributed by atoms with Gasteiger partial charge in [-0.2, -0.15) is 0 Å². The summed E-state index contributed by atoms with van der Waals surface area (Å²) in [6.45, 7) is 3.14. The van der Waals surface area contributed by atoms with Gasteiger partial charge in [-0.05, 0) is 46.8 Å². The molecule has 1 aromatic carbocycles. The van der Waals surface area contributed by atoms with E-state index in [1.165, 1.54) is 12.8 Å². The number of rotatable bonds is 5. The Morgan fingerprint density at radius 1 is 1.43 bits per heavy atom. The lowest BCUT2D eigenvalue weighted by Crippen LogP contribution is -2.51. The Balaban J connectivity index is 2.14. The zero-order valence-corrected chi connectivity index (χ0v) is 15.8. The molecule has 2 atom stereocenters. The van der Waals surface area contributed by atoms with Gasteiger partial charge in [0.1, 0.15) is 5.75 Å². The number of hydrogen-bond donors (Lipinski definition) is 2. The van der Waals surface area contributed by atoms with E-state index in [0.717, 1.165) is 33.1 Å². The van der Waals surface area contributed by atoms with Gasteiger partial charge in [0, 0.05) is 22.1 Å². The van der Waals surface area contributed by atoms with Gasteiger partial charge in [-0.1, -0.05) is 35.7 Å². The number of nitrogens with one attached hydrogen (secondary N) is 1. The quantitative estimate of drug-likeness (QED) is 0.747. The zero-order valence-electron chi connectivity index (χ0n) is 12.6. The summed E-state index contributed by atoms with van der Waals surface area (Å²) in [5.74, 6) is 1.51. The molecule has 1 aliphatic rings. The van der Waals surface area contributed by atoms with E-state index >= 15 is 0 Å². The first-order valence-corrected chi connectivity index (χ1v) is 8.96. The molecule has 0 bridgehead atoms. The van der Waals surface area contributed by atoms with Crippen LogP contribution >= 0.6 is 31.9 Å². The molecular weight excluding hydrogens is 398 g/mol. The molecule has 0 saturated heterocycles. The SMILES string of the molecule is COc1c(Br)cc(Br)cc1CNC1(CO)CCCC(C)C1. The summed E-state index contributed by atoms with van der Waals surface area (Å²) in [4.78, 5) is 0. The average molecular weight is 421 g/mol. The number of methoxy groups -OCH3 is 1. The van der Waals surface area contributed by atoms with Gasteiger partial charge in [0.15, 0.2) is 0 Å². The molecule has 1 aromatic rings. The fraction of sp³-hybridized carbons (Fsp3) is 0.625. The summed E-state index contributed by atoms with van der Waals surface area (Å²) in [7, 11) is 1.68. The second-order valence-corrected chi connectivity index (χ2v) is 7.84. The van der Waals surface area contributed by atoms with Crippen LogP contribution in [0.15, 0.2) is 21.1 Å². The number of ether oxygens (including phenoxy) is 1. The molecule has 0 aliphatic heterocycles. The minimum atomic E-state index is -0.155. The summed E-state index contributed by atoms with van der Waals surface area (Å²) in [5, 5.41) is 13.4. The number of aliphatic hydroxyl groups is 1. The molecule has 118 valence electrons. The molecule has 2 unspecified atom stereocenters. The smallest absolute Gasteiger partial charge is 0.137 e. The largest absolute Gasteiger partial charge is 0.495 e. The van der Waals surface area contributed by atoms with Crippen molar-refractivity contribution in [3.05, 3.63) is 26.6 Å². The summed E-state index contributed by atoms with van der Waals surface area (Å²) in [6, 6.07) is 4.04. The predicted molar refractivity (Wildman–Crippen MR) is 92.7 cm³/mol. The maximum Gasteiger partial charge on any atom is 0.137 e. The third kappa shape index (κ3) is 4.21. The Bertz CT molecular complexity index is 495. The highest BCUT2D eigenvalue weighted by molar-refractivity contribution is 9.11. The Morgan fingerprint density at radius 3 is 2.81 bits per heavy atom. The van der Waals surface area contributed by atoms with E-state index in [9.17, 15) is 5.11 Å². The molecule has 0 amide bonds. The highest BCUT2D eigenvalue weighted by atomic mass is 79.9. The Morgan fingerprint density at radius 2 is 2.19 bits per heavy atom. The fourth-order valence-electron chi connectivity index (χ4n) is 3.28. The second-order valence-electron chi connectivity index (χ2n) is 6.07. The van der Waals surface area contributed by atoms with Crippen LogP contribution in [-0.4, -0.2) is 24.4 Å². The maximum atomic E-state index is 9.86. The molecule has 1 aliphatic carbocycles. The lowest BCUT2D eigenvalue weighted by atomic mass is 9.77. The average Bonchev–Trinajstić information content (AvgIpc) is 2.45. The summed E-state index contributed by atoms with van der Waals surface area (Å²) < 4.78 is 7.44. The maximum absolute atomic E-state index is 9.86. The van der Waals surface area contributed by atoms with Gasteiger partial charge in [-0.15, -0.1) is 0 Å². The number of halogens is 2. The highest BCUT2D eigenvalue weighted by Crippen LogP contribution is 2.35. The lowest BCUT2D eigenvalue weighted by Gasteiger charge is -2.39. The molecule has 0 radical (unpaired) electrons. The standard InChI is InChI=1S/C16H23Br2NO2/c1-11-4-3-5-16(8-11,10-20)19-9-12-6-13(17)7-14(18)15(12)21-2/h6-7,11,19-20H,3-5,8-10H2,1-2H3. The highest BCUT2D eigenvalue weighted by Gasteiger charge is 2.34. The number of hydrogen-bond acceptors (Lipinski definition) is 3. The van der Waals surface area contributed by atoms with Crippen LogP contribution in [0.25, 0.3) is 0 Å². The Kier molecular flexibility index (Phi) is 6.12. The van der Waals surface area contributed by atoms with Crippen molar-refractivity contribution >= 4 is 31.9 Å². The monoisotopic (exact) mass is 419 g/mol. The van der Waals surface area contributed by atoms with Crippen molar-refractivity contribution in [2.24, 2.45) is 5.92 Å². The first-order chi connectivity index (χ1) is 9.99. The van der Waals surface area contributed by atoms with Crippen LogP contribution in [0.2, 0.25) is 0 Å². The van der Waals surface area contributed by atoms with E-state index < -0.39 is 0 Å². The number of benzene rings is 1. The third-order valence-electron chi connectivity index (χ3n) is 4.34. The van der Waals surface area contributed by atoms with E-state index in [4.69, 9.17) is 4.74 Å². The van der Waals surface area contributed by atoms with E-state index in [2.05, 4.69) is 50.2 Å². The Labute approximate surface area is 143 Å². The van der Waals surface area contributed by atoms with Crippen molar-refractivity contribution < 1.29 is 9.84 Å². The van der Waals surface area contributed by atoms with Crippen LogP contribution in [-0.2, 0) is 6.54 Å². The van der Waals surface area contributed by atoms with E-state index in [0.29, 0.717) is 12.5 Å². The minimum Gasteiger partial charge on any atom is -0.495 e. The van der Waals surface area contributed by atoms with Gasteiger partial charge < -0.3 is 15.2 Å². The molecule has 5 heteroatoms. The van der Waals surface area contributed by atoms with Crippen LogP contribution in [0.3, 0.4) is 0 Å². The van der Waals surface area contributed by atoms with Crippen molar-refractivity contribution in [3.8, 4) is 5.75 Å². The molecule has 0 spiro atoms. The molecule has 1 saturated carbocycles. The summed E-state index contributed by atoms with van der Waals surface area (Å²) >= 11 is 7.05. The van der Waals surface area contributed by atoms with Gasteiger partial charge in [-0.3, -0.25) is 0 Å². The first kappa shape index (κ1) is 17.3. The third-order valence-corrected chi connectivity index (χ3v) is 5.38. The second kappa shape index (κ2) is 7.44. The van der Waals surface area contributed by atoms with Gasteiger partial charge in [0.25, 0.3) is 0 Å². The predicted octanol–water partition coefficient (Wildman–Crippen LogP) is 4.25. The molecule has 3 nitrogen and oxygen atoms in total. The van der Waals surface area contributed by atoms with E-state index in [1.54, 1.807) is 7.11 Å². The van der Waals surface area contributed by atoms with E-state index in [1.807, 2.05) is 6.07 Å². The molecule has 2 N–H and O–H groups in total. The van der Waals surface area contributed by atoms with Crippen molar-refractivity contribution in [1.82, 2.24) is 5.32 Å². The van der Waals surface area contributed by atoms with Gasteiger partial charge >= 0.3 is 0 Å². The van der Waals surface area contributed by atoms with E-state index in [-0.39, 0.29) is 12.1 Å². The van der Waals surface area contributed by atoms with Gasteiger partial charge in [-0.25, -0.2) is 0 Å². The lowest BCUT2D eigenvalue weighted by molar-refractivity contribution is 0.0980. The van der Waals surface area contributed by atoms with Crippen molar-refractivity contribution in [2.75, 3.05) is 13.7 Å². The molecule has 0 heterocycles. The minimum absolute atomic E-state index is 0.155. The van der Waals surface area contributed by atoms with Crippen LogP contribution in [0.5, 0.6) is 5.75 Å². The molecule has 21 heavy (non-hydrogen) atoms. The molecule has 2 rings (SSSR count). The van der Waals surface area contributed by atoms with Gasteiger partial charge in [0.2, 0.25) is 0 Å². The zero-order chi connectivity index (χ0) is 15.5.